The average molecular weight is 191 g/mol. The normalized spacial score (nSPS) is 20.8. The number of carbonyl (C=O) groups excluding carboxylic acids is 1. The van der Waals surface area contributed by atoms with Gasteiger partial charge in [0.1, 0.15) is 6.29 Å². The van der Waals surface area contributed by atoms with E-state index in [0.717, 1.165) is 18.4 Å². The van der Waals surface area contributed by atoms with E-state index in [1.807, 2.05) is 29.2 Å². The number of aliphatic hydroxyl groups excluding tert-OH is 1. The molecule has 1 aromatic carbocycles. The minimum Gasteiger partial charge on any atom is -0.395 e. The highest BCUT2D eigenvalue weighted by atomic mass is 16.3. The molecule has 0 aliphatic carbocycles. The monoisotopic (exact) mass is 191 g/mol. The molecule has 1 aliphatic heterocycles. The summed E-state index contributed by atoms with van der Waals surface area (Å²) in [5.41, 5.74) is 2.27. The Bertz CT molecular complexity index is 338. The average Bonchev–Trinajstić information content (AvgIpc) is 2.55. The fraction of sp³-hybridized carbons (Fsp3) is 0.364. The van der Waals surface area contributed by atoms with Crippen LogP contribution in [0, 0.1) is 0 Å². The van der Waals surface area contributed by atoms with E-state index >= 15 is 0 Å². The van der Waals surface area contributed by atoms with Crippen molar-refractivity contribution in [3.05, 3.63) is 35.4 Å². The molecule has 0 saturated heterocycles. The standard InChI is InChI=1S/C11H13NO2/c13-6-5-12-7-9-3-1-2-4-10(9)11(12)8-14/h1-4,8,11,13H,5-7H2. The van der Waals surface area contributed by atoms with Crippen molar-refractivity contribution in [2.75, 3.05) is 13.2 Å². The zero-order chi connectivity index (χ0) is 9.97. The lowest BCUT2D eigenvalue weighted by molar-refractivity contribution is -0.112. The van der Waals surface area contributed by atoms with Crippen molar-refractivity contribution in [1.29, 1.82) is 0 Å². The lowest BCUT2D eigenvalue weighted by Gasteiger charge is -2.18. The van der Waals surface area contributed by atoms with E-state index in [1.165, 1.54) is 5.56 Å². The number of benzene rings is 1. The molecule has 1 atom stereocenters. The summed E-state index contributed by atoms with van der Waals surface area (Å²) < 4.78 is 0. The second kappa shape index (κ2) is 3.90. The predicted octanol–water partition coefficient (Wildman–Crippen LogP) is 0.734. The number of aliphatic hydroxyl groups is 1. The van der Waals surface area contributed by atoms with Crippen molar-refractivity contribution in [2.45, 2.75) is 12.6 Å². The van der Waals surface area contributed by atoms with Gasteiger partial charge in [-0.25, -0.2) is 0 Å². The Hall–Kier alpha value is -1.19. The molecule has 1 unspecified atom stereocenters. The number of aldehydes is 1. The summed E-state index contributed by atoms with van der Waals surface area (Å²) >= 11 is 0. The van der Waals surface area contributed by atoms with Crippen molar-refractivity contribution < 1.29 is 9.90 Å². The van der Waals surface area contributed by atoms with Crippen LogP contribution in [0.5, 0.6) is 0 Å². The maximum absolute atomic E-state index is 10.9. The number of hydrogen-bond acceptors (Lipinski definition) is 3. The smallest absolute Gasteiger partial charge is 0.141 e. The van der Waals surface area contributed by atoms with Crippen molar-refractivity contribution in [2.24, 2.45) is 0 Å². The Morgan fingerprint density at radius 1 is 1.50 bits per heavy atom. The van der Waals surface area contributed by atoms with E-state index in [-0.39, 0.29) is 12.6 Å². The number of β-amino-alcohol motifs (C(OH)–C–C–N with tert-alkyl or cyclic N) is 1. The first-order chi connectivity index (χ1) is 6.86. The quantitative estimate of drug-likeness (QED) is 0.716. The second-order valence-electron chi connectivity index (χ2n) is 3.47. The first-order valence-electron chi connectivity index (χ1n) is 4.75. The third-order valence-corrected chi connectivity index (χ3v) is 2.66. The van der Waals surface area contributed by atoms with Gasteiger partial charge in [0.15, 0.2) is 0 Å². The van der Waals surface area contributed by atoms with E-state index in [9.17, 15) is 4.79 Å². The van der Waals surface area contributed by atoms with Crippen LogP contribution in [-0.2, 0) is 11.3 Å². The first-order valence-corrected chi connectivity index (χ1v) is 4.75. The molecule has 2 rings (SSSR count). The number of carbonyl (C=O) groups is 1. The van der Waals surface area contributed by atoms with Gasteiger partial charge in [0.25, 0.3) is 0 Å². The van der Waals surface area contributed by atoms with Crippen LogP contribution < -0.4 is 0 Å². The van der Waals surface area contributed by atoms with Crippen molar-refractivity contribution >= 4 is 6.29 Å². The first kappa shape index (κ1) is 9.37. The Kier molecular flexibility index (Phi) is 2.61. The molecule has 0 aromatic heterocycles. The van der Waals surface area contributed by atoms with Crippen molar-refractivity contribution in [3.63, 3.8) is 0 Å². The molecule has 1 aromatic rings. The number of fused-ring (bicyclic) bond motifs is 1. The summed E-state index contributed by atoms with van der Waals surface area (Å²) in [6, 6.07) is 7.76. The zero-order valence-electron chi connectivity index (χ0n) is 7.89. The van der Waals surface area contributed by atoms with Gasteiger partial charge in [-0.15, -0.1) is 0 Å². The molecule has 74 valence electrons. The van der Waals surface area contributed by atoms with Crippen LogP contribution in [0.15, 0.2) is 24.3 Å². The molecule has 3 heteroatoms. The van der Waals surface area contributed by atoms with Gasteiger partial charge in [-0.3, -0.25) is 4.90 Å². The second-order valence-corrected chi connectivity index (χ2v) is 3.47. The van der Waals surface area contributed by atoms with Crippen LogP contribution in [0.2, 0.25) is 0 Å². The molecule has 0 radical (unpaired) electrons. The third-order valence-electron chi connectivity index (χ3n) is 2.66. The van der Waals surface area contributed by atoms with Crippen molar-refractivity contribution in [1.82, 2.24) is 4.90 Å². The molecule has 0 saturated carbocycles. The van der Waals surface area contributed by atoms with E-state index in [1.54, 1.807) is 0 Å². The fourth-order valence-corrected chi connectivity index (χ4v) is 1.99. The molecule has 0 bridgehead atoms. The van der Waals surface area contributed by atoms with E-state index in [4.69, 9.17) is 5.11 Å². The minimum atomic E-state index is -0.168. The molecule has 0 fully saturated rings. The molecule has 0 spiro atoms. The topological polar surface area (TPSA) is 40.5 Å². The number of hydrogen-bond donors (Lipinski definition) is 1. The van der Waals surface area contributed by atoms with E-state index in [0.29, 0.717) is 6.54 Å². The van der Waals surface area contributed by atoms with Gasteiger partial charge in [0.05, 0.1) is 12.6 Å². The van der Waals surface area contributed by atoms with Gasteiger partial charge < -0.3 is 9.90 Å². The summed E-state index contributed by atoms with van der Waals surface area (Å²) in [5.74, 6) is 0. The lowest BCUT2D eigenvalue weighted by Crippen LogP contribution is -2.26. The molecule has 0 amide bonds. The SMILES string of the molecule is O=CC1c2ccccc2CN1CCO. The van der Waals surface area contributed by atoms with Gasteiger partial charge in [0.2, 0.25) is 0 Å². The maximum atomic E-state index is 10.9. The highest BCUT2D eigenvalue weighted by molar-refractivity contribution is 5.64. The van der Waals surface area contributed by atoms with Crippen LogP contribution in [0.3, 0.4) is 0 Å². The zero-order valence-corrected chi connectivity index (χ0v) is 7.89. The Morgan fingerprint density at radius 2 is 2.29 bits per heavy atom. The molecule has 14 heavy (non-hydrogen) atoms. The predicted molar refractivity (Wildman–Crippen MR) is 52.7 cm³/mol. The minimum absolute atomic E-state index is 0.0956. The van der Waals surface area contributed by atoms with Crippen LogP contribution in [0.25, 0.3) is 0 Å². The summed E-state index contributed by atoms with van der Waals surface area (Å²) in [5, 5.41) is 8.86. The van der Waals surface area contributed by atoms with E-state index in [2.05, 4.69) is 0 Å². The molecule has 1 N–H and O–H groups in total. The van der Waals surface area contributed by atoms with Gasteiger partial charge in [-0.2, -0.15) is 0 Å². The molecule has 3 nitrogen and oxygen atoms in total. The fourth-order valence-electron chi connectivity index (χ4n) is 1.99. The maximum Gasteiger partial charge on any atom is 0.141 e. The van der Waals surface area contributed by atoms with Gasteiger partial charge in [-0.05, 0) is 11.1 Å². The summed E-state index contributed by atoms with van der Waals surface area (Å²) in [6.07, 6.45) is 0.946. The van der Waals surface area contributed by atoms with Crippen LogP contribution in [-0.4, -0.2) is 29.4 Å². The van der Waals surface area contributed by atoms with Crippen LogP contribution >= 0.6 is 0 Å². The highest BCUT2D eigenvalue weighted by Gasteiger charge is 2.28. The van der Waals surface area contributed by atoms with Gasteiger partial charge in [-0.1, -0.05) is 24.3 Å². The van der Waals surface area contributed by atoms with Gasteiger partial charge >= 0.3 is 0 Å². The van der Waals surface area contributed by atoms with Gasteiger partial charge in [0, 0.05) is 13.1 Å². The summed E-state index contributed by atoms with van der Waals surface area (Å²) in [4.78, 5) is 12.9. The summed E-state index contributed by atoms with van der Waals surface area (Å²) in [7, 11) is 0. The molecular formula is C11H13NO2. The molecule has 1 heterocycles. The highest BCUT2D eigenvalue weighted by Crippen LogP contribution is 2.31. The molecule has 1 aliphatic rings. The van der Waals surface area contributed by atoms with Crippen LogP contribution in [0.4, 0.5) is 0 Å². The van der Waals surface area contributed by atoms with Crippen molar-refractivity contribution in [3.8, 4) is 0 Å². The lowest BCUT2D eigenvalue weighted by atomic mass is 10.1. The van der Waals surface area contributed by atoms with Crippen LogP contribution in [0.1, 0.15) is 17.2 Å². The Balaban J connectivity index is 2.29. The largest absolute Gasteiger partial charge is 0.395 e. The number of nitrogens with zero attached hydrogens (tertiary/aromatic N) is 1. The third kappa shape index (κ3) is 1.45. The Morgan fingerprint density at radius 3 is 3.00 bits per heavy atom. The summed E-state index contributed by atoms with van der Waals surface area (Å²) in [6.45, 7) is 1.41. The van der Waals surface area contributed by atoms with E-state index < -0.39 is 0 Å². The Labute approximate surface area is 83.0 Å². The molecular weight excluding hydrogens is 178 g/mol. The number of rotatable bonds is 3.